The largest absolute Gasteiger partial charge is 0.464 e. The van der Waals surface area contributed by atoms with E-state index in [1.807, 2.05) is 31.4 Å². The minimum Gasteiger partial charge on any atom is -0.464 e. The van der Waals surface area contributed by atoms with Crippen LogP contribution in [0.3, 0.4) is 0 Å². The predicted octanol–water partition coefficient (Wildman–Crippen LogP) is 3.43. The van der Waals surface area contributed by atoms with Crippen molar-refractivity contribution < 1.29 is 9.21 Å². The predicted molar refractivity (Wildman–Crippen MR) is 70.9 cm³/mol. The molecular formula is C12H13NO2S2. The third kappa shape index (κ3) is 2.92. The van der Waals surface area contributed by atoms with Crippen LogP contribution in [-0.2, 0) is 0 Å². The van der Waals surface area contributed by atoms with Gasteiger partial charge in [0.2, 0.25) is 0 Å². The fourth-order valence-electron chi connectivity index (χ4n) is 1.47. The van der Waals surface area contributed by atoms with Gasteiger partial charge in [-0.1, -0.05) is 0 Å². The lowest BCUT2D eigenvalue weighted by atomic mass is 10.2. The van der Waals surface area contributed by atoms with Crippen LogP contribution in [0.1, 0.15) is 34.2 Å². The van der Waals surface area contributed by atoms with E-state index in [9.17, 15) is 4.79 Å². The lowest BCUT2D eigenvalue weighted by Gasteiger charge is -2.10. The van der Waals surface area contributed by atoms with Crippen LogP contribution in [0, 0.1) is 6.92 Å². The van der Waals surface area contributed by atoms with E-state index < -0.39 is 0 Å². The van der Waals surface area contributed by atoms with Crippen LogP contribution in [0.5, 0.6) is 0 Å². The molecule has 0 bridgehead atoms. The molecule has 0 aliphatic heterocycles. The zero-order valence-corrected chi connectivity index (χ0v) is 11.3. The van der Waals surface area contributed by atoms with E-state index in [1.165, 1.54) is 11.3 Å². The van der Waals surface area contributed by atoms with Crippen LogP contribution in [0.4, 0.5) is 0 Å². The van der Waals surface area contributed by atoms with Crippen LogP contribution in [-0.4, -0.2) is 5.91 Å². The standard InChI is InChI=1S/C12H13NO2S2/c1-7-3-4-10(15-7)8(2)13-12(14)11-5-9(16)6-17-11/h3-6,8,16H,1-2H3,(H,13,14). The van der Waals surface area contributed by atoms with Crippen LogP contribution >= 0.6 is 24.0 Å². The summed E-state index contributed by atoms with van der Waals surface area (Å²) in [4.78, 5) is 13.3. The van der Waals surface area contributed by atoms with Gasteiger partial charge in [0, 0.05) is 10.3 Å². The van der Waals surface area contributed by atoms with Gasteiger partial charge in [-0.25, -0.2) is 0 Å². The van der Waals surface area contributed by atoms with Crippen molar-refractivity contribution in [2.75, 3.05) is 0 Å². The molecule has 0 fully saturated rings. The first-order chi connectivity index (χ1) is 8.06. The fraction of sp³-hybridized carbons (Fsp3) is 0.250. The van der Waals surface area contributed by atoms with E-state index in [1.54, 1.807) is 6.07 Å². The molecule has 0 spiro atoms. The normalized spacial score (nSPS) is 12.4. The number of carbonyl (C=O) groups excluding carboxylic acids is 1. The number of aryl methyl sites for hydroxylation is 1. The number of furan rings is 1. The molecule has 90 valence electrons. The molecule has 0 aliphatic rings. The van der Waals surface area contributed by atoms with E-state index in [4.69, 9.17) is 4.42 Å². The molecule has 0 aromatic carbocycles. The summed E-state index contributed by atoms with van der Waals surface area (Å²) in [6.45, 7) is 3.77. The lowest BCUT2D eigenvalue weighted by Crippen LogP contribution is -2.25. The van der Waals surface area contributed by atoms with Gasteiger partial charge in [0.1, 0.15) is 11.5 Å². The summed E-state index contributed by atoms with van der Waals surface area (Å²) in [7, 11) is 0. The SMILES string of the molecule is Cc1ccc(C(C)NC(=O)c2cc(S)cs2)o1. The summed E-state index contributed by atoms with van der Waals surface area (Å²) in [5.41, 5.74) is 0. The molecule has 17 heavy (non-hydrogen) atoms. The number of hydrogen-bond acceptors (Lipinski definition) is 4. The average Bonchev–Trinajstić information content (AvgIpc) is 2.87. The zero-order valence-electron chi connectivity index (χ0n) is 9.56. The molecule has 2 aromatic rings. The van der Waals surface area contributed by atoms with Gasteiger partial charge in [-0.05, 0) is 32.0 Å². The highest BCUT2D eigenvalue weighted by molar-refractivity contribution is 7.80. The second kappa shape index (κ2) is 4.98. The summed E-state index contributed by atoms with van der Waals surface area (Å²) >= 11 is 5.56. The van der Waals surface area contributed by atoms with Gasteiger partial charge in [-0.3, -0.25) is 4.79 Å². The Hall–Kier alpha value is -1.20. The zero-order chi connectivity index (χ0) is 12.4. The Balaban J connectivity index is 2.04. The molecule has 0 aliphatic carbocycles. The first-order valence-electron chi connectivity index (χ1n) is 5.21. The number of nitrogens with one attached hydrogen (secondary N) is 1. The van der Waals surface area contributed by atoms with Gasteiger partial charge >= 0.3 is 0 Å². The van der Waals surface area contributed by atoms with Crippen molar-refractivity contribution in [3.8, 4) is 0 Å². The molecule has 1 unspecified atom stereocenters. The summed E-state index contributed by atoms with van der Waals surface area (Å²) in [5.74, 6) is 1.50. The molecule has 3 nitrogen and oxygen atoms in total. The van der Waals surface area contributed by atoms with Gasteiger partial charge in [0.05, 0.1) is 10.9 Å². The molecule has 0 radical (unpaired) electrons. The van der Waals surface area contributed by atoms with E-state index in [0.717, 1.165) is 16.4 Å². The highest BCUT2D eigenvalue weighted by atomic mass is 32.1. The number of hydrogen-bond donors (Lipinski definition) is 2. The molecule has 1 amide bonds. The lowest BCUT2D eigenvalue weighted by molar-refractivity contribution is 0.0939. The molecule has 5 heteroatoms. The Kier molecular flexibility index (Phi) is 3.59. The van der Waals surface area contributed by atoms with Crippen molar-refractivity contribution in [3.63, 3.8) is 0 Å². The van der Waals surface area contributed by atoms with Gasteiger partial charge in [0.15, 0.2) is 0 Å². The van der Waals surface area contributed by atoms with Gasteiger partial charge < -0.3 is 9.73 Å². The highest BCUT2D eigenvalue weighted by Crippen LogP contribution is 2.20. The second-order valence-electron chi connectivity index (χ2n) is 3.81. The van der Waals surface area contributed by atoms with Crippen molar-refractivity contribution in [1.29, 1.82) is 0 Å². The second-order valence-corrected chi connectivity index (χ2v) is 5.24. The van der Waals surface area contributed by atoms with Crippen molar-refractivity contribution in [1.82, 2.24) is 5.32 Å². The number of amides is 1. The maximum absolute atomic E-state index is 11.9. The summed E-state index contributed by atoms with van der Waals surface area (Å²) in [6.07, 6.45) is 0. The monoisotopic (exact) mass is 267 g/mol. The average molecular weight is 267 g/mol. The maximum Gasteiger partial charge on any atom is 0.261 e. The molecule has 2 rings (SSSR count). The maximum atomic E-state index is 11.9. The van der Waals surface area contributed by atoms with Crippen LogP contribution in [0.2, 0.25) is 0 Å². The topological polar surface area (TPSA) is 42.2 Å². The van der Waals surface area contributed by atoms with Crippen molar-refractivity contribution in [2.24, 2.45) is 0 Å². The van der Waals surface area contributed by atoms with E-state index in [0.29, 0.717) is 4.88 Å². The first kappa shape index (κ1) is 12.3. The Labute approximate surface area is 109 Å². The fourth-order valence-corrected chi connectivity index (χ4v) is 2.52. The Morgan fingerprint density at radius 2 is 2.29 bits per heavy atom. The molecule has 1 N–H and O–H groups in total. The smallest absolute Gasteiger partial charge is 0.261 e. The van der Waals surface area contributed by atoms with Gasteiger partial charge in [-0.2, -0.15) is 0 Å². The number of thiophene rings is 1. The quantitative estimate of drug-likeness (QED) is 0.837. The molecule has 2 heterocycles. The molecule has 2 aromatic heterocycles. The number of rotatable bonds is 3. The Morgan fingerprint density at radius 1 is 1.53 bits per heavy atom. The summed E-state index contributed by atoms with van der Waals surface area (Å²) < 4.78 is 5.46. The molecular weight excluding hydrogens is 254 g/mol. The molecule has 0 saturated carbocycles. The van der Waals surface area contributed by atoms with E-state index in [-0.39, 0.29) is 11.9 Å². The minimum atomic E-state index is -0.137. The van der Waals surface area contributed by atoms with E-state index >= 15 is 0 Å². The van der Waals surface area contributed by atoms with E-state index in [2.05, 4.69) is 17.9 Å². The minimum absolute atomic E-state index is 0.100. The van der Waals surface area contributed by atoms with Crippen LogP contribution in [0.15, 0.2) is 32.9 Å². The Bertz CT molecular complexity index is 530. The van der Waals surface area contributed by atoms with Gasteiger partial charge in [0.25, 0.3) is 5.91 Å². The van der Waals surface area contributed by atoms with Crippen LogP contribution < -0.4 is 5.32 Å². The highest BCUT2D eigenvalue weighted by Gasteiger charge is 2.15. The number of carbonyl (C=O) groups is 1. The molecule has 0 saturated heterocycles. The van der Waals surface area contributed by atoms with Crippen LogP contribution in [0.25, 0.3) is 0 Å². The molecule has 1 atom stereocenters. The summed E-state index contributed by atoms with van der Waals surface area (Å²) in [5, 5.41) is 4.72. The van der Waals surface area contributed by atoms with Crippen molar-refractivity contribution in [2.45, 2.75) is 24.8 Å². The third-order valence-electron chi connectivity index (χ3n) is 2.34. The van der Waals surface area contributed by atoms with Crippen molar-refractivity contribution in [3.05, 3.63) is 40.0 Å². The first-order valence-corrected chi connectivity index (χ1v) is 6.53. The summed E-state index contributed by atoms with van der Waals surface area (Å²) in [6, 6.07) is 5.37. The van der Waals surface area contributed by atoms with Crippen molar-refractivity contribution >= 4 is 29.9 Å². The Morgan fingerprint density at radius 3 is 2.82 bits per heavy atom. The number of thiol groups is 1. The van der Waals surface area contributed by atoms with Gasteiger partial charge in [-0.15, -0.1) is 24.0 Å². The third-order valence-corrected chi connectivity index (χ3v) is 3.71.